The molecule has 0 saturated carbocycles. The number of fused-ring (bicyclic) bond motifs is 1. The van der Waals surface area contributed by atoms with Crippen LogP contribution in [0.1, 0.15) is 25.3 Å². The van der Waals surface area contributed by atoms with E-state index in [9.17, 15) is 8.42 Å². The standard InChI is InChI=1S/C21H24BrClN2O3S/c1-15(3-4-16-14-24-21-10-5-17(23)13-20(16)21)25-29(26,27)19-8-6-18(7-9-19)28-12-2-11-22/h5-10,13-15,24-25H,2-4,11-12H2,1H3. The zero-order valence-corrected chi connectivity index (χ0v) is 19.3. The van der Waals surface area contributed by atoms with Crippen LogP contribution >= 0.6 is 27.5 Å². The average molecular weight is 500 g/mol. The van der Waals surface area contributed by atoms with E-state index >= 15 is 0 Å². The van der Waals surface area contributed by atoms with Crippen LogP contribution in [0.25, 0.3) is 10.9 Å². The second-order valence-electron chi connectivity index (χ2n) is 6.93. The van der Waals surface area contributed by atoms with Crippen LogP contribution in [-0.2, 0) is 16.4 Å². The van der Waals surface area contributed by atoms with Crippen molar-refractivity contribution in [1.82, 2.24) is 9.71 Å². The van der Waals surface area contributed by atoms with Crippen molar-refractivity contribution in [3.63, 3.8) is 0 Å². The number of hydrogen-bond acceptors (Lipinski definition) is 3. The van der Waals surface area contributed by atoms with E-state index in [1.54, 1.807) is 24.3 Å². The third-order valence-corrected chi connectivity index (χ3v) is 7.01. The molecule has 0 radical (unpaired) electrons. The van der Waals surface area contributed by atoms with Gasteiger partial charge in [0, 0.05) is 33.5 Å². The Bertz CT molecular complexity index is 1050. The topological polar surface area (TPSA) is 71.2 Å². The summed E-state index contributed by atoms with van der Waals surface area (Å²) in [7, 11) is -3.58. The molecule has 1 heterocycles. The van der Waals surface area contributed by atoms with Gasteiger partial charge >= 0.3 is 0 Å². The van der Waals surface area contributed by atoms with Gasteiger partial charge in [-0.05, 0) is 74.2 Å². The van der Waals surface area contributed by atoms with Crippen LogP contribution in [0.15, 0.2) is 53.6 Å². The highest BCUT2D eigenvalue weighted by Crippen LogP contribution is 2.24. The molecule has 2 aromatic carbocycles. The van der Waals surface area contributed by atoms with Crippen LogP contribution < -0.4 is 9.46 Å². The number of H-pyrrole nitrogens is 1. The van der Waals surface area contributed by atoms with Crippen molar-refractivity contribution in [2.75, 3.05) is 11.9 Å². The summed E-state index contributed by atoms with van der Waals surface area (Å²) in [6.45, 7) is 2.46. The molecule has 1 unspecified atom stereocenters. The molecule has 0 amide bonds. The molecule has 0 fully saturated rings. The molecule has 8 heteroatoms. The largest absolute Gasteiger partial charge is 0.494 e. The molecule has 3 rings (SSSR count). The maximum absolute atomic E-state index is 12.7. The number of ether oxygens (including phenoxy) is 1. The first-order valence-electron chi connectivity index (χ1n) is 9.46. The Kier molecular flexibility index (Phi) is 7.62. The summed E-state index contributed by atoms with van der Waals surface area (Å²) < 4.78 is 33.6. The maximum Gasteiger partial charge on any atom is 0.240 e. The fourth-order valence-corrected chi connectivity index (χ4v) is 4.76. The van der Waals surface area contributed by atoms with E-state index in [1.807, 2.05) is 31.3 Å². The molecular formula is C21H24BrClN2O3S. The van der Waals surface area contributed by atoms with Crippen LogP contribution in [0.3, 0.4) is 0 Å². The number of hydrogen-bond donors (Lipinski definition) is 2. The van der Waals surface area contributed by atoms with Crippen molar-refractivity contribution >= 4 is 48.5 Å². The van der Waals surface area contributed by atoms with Gasteiger partial charge < -0.3 is 9.72 Å². The number of aromatic amines is 1. The number of aromatic nitrogens is 1. The molecule has 1 aromatic heterocycles. The number of halogens is 2. The minimum Gasteiger partial charge on any atom is -0.494 e. The Labute approximate surface area is 185 Å². The van der Waals surface area contributed by atoms with Gasteiger partial charge in [0.2, 0.25) is 10.0 Å². The van der Waals surface area contributed by atoms with Gasteiger partial charge in [-0.3, -0.25) is 0 Å². The highest BCUT2D eigenvalue weighted by Gasteiger charge is 2.18. The number of benzene rings is 2. The third kappa shape index (κ3) is 5.98. The number of alkyl halides is 1. The molecule has 0 bridgehead atoms. The zero-order chi connectivity index (χ0) is 20.9. The average Bonchev–Trinajstić information content (AvgIpc) is 3.09. The number of rotatable bonds is 10. The molecular weight excluding hydrogens is 476 g/mol. The van der Waals surface area contributed by atoms with Crippen molar-refractivity contribution in [2.24, 2.45) is 0 Å². The highest BCUT2D eigenvalue weighted by atomic mass is 79.9. The molecule has 156 valence electrons. The molecule has 1 atom stereocenters. The second kappa shape index (κ2) is 9.98. The summed E-state index contributed by atoms with van der Waals surface area (Å²) in [6.07, 6.45) is 4.26. The van der Waals surface area contributed by atoms with Gasteiger partial charge in [0.25, 0.3) is 0 Å². The Balaban J connectivity index is 1.58. The van der Waals surface area contributed by atoms with E-state index in [1.165, 1.54) is 0 Å². The summed E-state index contributed by atoms with van der Waals surface area (Å²) >= 11 is 9.44. The first-order valence-corrected chi connectivity index (χ1v) is 12.4. The molecule has 0 aliphatic rings. The van der Waals surface area contributed by atoms with E-state index in [0.29, 0.717) is 23.8 Å². The van der Waals surface area contributed by atoms with Gasteiger partial charge in [-0.1, -0.05) is 27.5 Å². The lowest BCUT2D eigenvalue weighted by atomic mass is 10.1. The number of nitrogens with one attached hydrogen (secondary N) is 2. The lowest BCUT2D eigenvalue weighted by Crippen LogP contribution is -2.32. The number of aryl methyl sites for hydroxylation is 1. The molecule has 0 saturated heterocycles. The van der Waals surface area contributed by atoms with Gasteiger partial charge in [-0.2, -0.15) is 0 Å². The first kappa shape index (κ1) is 22.2. The molecule has 0 spiro atoms. The predicted octanol–water partition coefficient (Wildman–Crippen LogP) is 5.28. The predicted molar refractivity (Wildman–Crippen MR) is 122 cm³/mol. The van der Waals surface area contributed by atoms with Crippen LogP contribution in [-0.4, -0.2) is 31.4 Å². The zero-order valence-electron chi connectivity index (χ0n) is 16.1. The van der Waals surface area contributed by atoms with Gasteiger partial charge in [-0.15, -0.1) is 0 Å². The summed E-state index contributed by atoms with van der Waals surface area (Å²) in [6, 6.07) is 12.0. The summed E-state index contributed by atoms with van der Waals surface area (Å²) in [5, 5.41) is 2.63. The molecule has 0 aliphatic heterocycles. The first-order chi connectivity index (χ1) is 13.9. The summed E-state index contributed by atoms with van der Waals surface area (Å²) in [5.74, 6) is 0.663. The minimum absolute atomic E-state index is 0.209. The van der Waals surface area contributed by atoms with Crippen molar-refractivity contribution in [1.29, 1.82) is 0 Å². The Morgan fingerprint density at radius 2 is 1.97 bits per heavy atom. The Hall–Kier alpha value is -1.54. The van der Waals surface area contributed by atoms with Crippen molar-refractivity contribution < 1.29 is 13.2 Å². The second-order valence-corrected chi connectivity index (χ2v) is 9.87. The summed E-state index contributed by atoms with van der Waals surface area (Å²) in [5.41, 5.74) is 2.15. The number of sulfonamides is 1. The third-order valence-electron chi connectivity index (χ3n) is 4.61. The lowest BCUT2D eigenvalue weighted by Gasteiger charge is -2.14. The fourth-order valence-electron chi connectivity index (χ4n) is 3.08. The van der Waals surface area contributed by atoms with E-state index in [2.05, 4.69) is 25.6 Å². The monoisotopic (exact) mass is 498 g/mol. The van der Waals surface area contributed by atoms with Crippen molar-refractivity contribution in [3.8, 4) is 5.75 Å². The van der Waals surface area contributed by atoms with Crippen LogP contribution in [0.2, 0.25) is 5.02 Å². The molecule has 0 aliphatic carbocycles. The van der Waals surface area contributed by atoms with E-state index in [4.69, 9.17) is 16.3 Å². The normalized spacial score (nSPS) is 12.9. The lowest BCUT2D eigenvalue weighted by molar-refractivity contribution is 0.319. The van der Waals surface area contributed by atoms with Crippen LogP contribution in [0.5, 0.6) is 5.75 Å². The molecule has 5 nitrogen and oxygen atoms in total. The minimum atomic E-state index is -3.58. The summed E-state index contributed by atoms with van der Waals surface area (Å²) in [4.78, 5) is 3.46. The van der Waals surface area contributed by atoms with Crippen molar-refractivity contribution in [2.45, 2.75) is 37.1 Å². The van der Waals surface area contributed by atoms with Gasteiger partial charge in [0.1, 0.15) is 5.75 Å². The van der Waals surface area contributed by atoms with E-state index in [-0.39, 0.29) is 10.9 Å². The van der Waals surface area contributed by atoms with Gasteiger partial charge in [-0.25, -0.2) is 13.1 Å². The highest BCUT2D eigenvalue weighted by molar-refractivity contribution is 9.09. The Morgan fingerprint density at radius 1 is 1.21 bits per heavy atom. The van der Waals surface area contributed by atoms with E-state index < -0.39 is 10.0 Å². The SMILES string of the molecule is CC(CCc1c[nH]c2ccc(Cl)cc12)NS(=O)(=O)c1ccc(OCCCBr)cc1. The van der Waals surface area contributed by atoms with Crippen molar-refractivity contribution in [3.05, 3.63) is 59.2 Å². The van der Waals surface area contributed by atoms with E-state index in [0.717, 1.165) is 34.6 Å². The van der Waals surface area contributed by atoms with Gasteiger partial charge in [0.05, 0.1) is 11.5 Å². The van der Waals surface area contributed by atoms with Gasteiger partial charge in [0.15, 0.2) is 0 Å². The van der Waals surface area contributed by atoms with Crippen LogP contribution in [0.4, 0.5) is 0 Å². The quantitative estimate of drug-likeness (QED) is 0.294. The molecule has 2 N–H and O–H groups in total. The maximum atomic E-state index is 12.7. The smallest absolute Gasteiger partial charge is 0.240 e. The van der Waals surface area contributed by atoms with Crippen LogP contribution in [0, 0.1) is 0 Å². The fraction of sp³-hybridized carbons (Fsp3) is 0.333. The molecule has 29 heavy (non-hydrogen) atoms. The Morgan fingerprint density at radius 3 is 2.69 bits per heavy atom. The molecule has 3 aromatic rings.